The minimum absolute atomic E-state index is 0.224. The van der Waals surface area contributed by atoms with E-state index in [-0.39, 0.29) is 11.3 Å². The first-order valence-corrected chi connectivity index (χ1v) is 11.2. The molecule has 2 aliphatic heterocycles. The number of likely N-dealkylation sites (tertiary alicyclic amines) is 2. The second-order valence-corrected chi connectivity index (χ2v) is 10.1. The number of halogens is 3. The number of alkyl halides is 3. The molecule has 0 bridgehead atoms. The molecule has 174 valence electrons. The molecule has 1 saturated carbocycles. The molecule has 0 aromatic carbocycles. The zero-order valence-corrected chi connectivity index (χ0v) is 18.6. The van der Waals surface area contributed by atoms with E-state index in [0.717, 1.165) is 50.0 Å². The summed E-state index contributed by atoms with van der Waals surface area (Å²) in [4.78, 5) is 28.6. The number of aryl methyl sites for hydroxylation is 1. The minimum atomic E-state index is -5.08. The lowest BCUT2D eigenvalue weighted by Gasteiger charge is -2.30. The quantitative estimate of drug-likeness (QED) is 0.725. The van der Waals surface area contributed by atoms with Crippen LogP contribution < -0.4 is 0 Å². The summed E-state index contributed by atoms with van der Waals surface area (Å²) < 4.78 is 37.3. The summed E-state index contributed by atoms with van der Waals surface area (Å²) in [6, 6.07) is 4.03. The standard InChI is InChI=1S/C19H28N2O2S.C2HF3O2/c1-14-3-6-17(24-14)18(22)21-8-7-19(13-21)12-20(9-15-4-5-15)10-16(19)11-23-2;3-2(4,5)1(6)7/h3,6,15-16H,4-5,7-13H2,1-2H3;(H,6,7)/t16-,19+;/m0./s1. The van der Waals surface area contributed by atoms with Crippen LogP contribution in [0.3, 0.4) is 0 Å². The van der Waals surface area contributed by atoms with Crippen molar-refractivity contribution in [1.82, 2.24) is 9.80 Å². The Hall–Kier alpha value is -1.65. The van der Waals surface area contributed by atoms with Crippen molar-refractivity contribution in [1.29, 1.82) is 0 Å². The maximum absolute atomic E-state index is 12.8. The van der Waals surface area contributed by atoms with Crippen molar-refractivity contribution >= 4 is 23.2 Å². The SMILES string of the molecule is COC[C@@H]1CN(CC2CC2)C[C@@]12CCN(C(=O)c1ccc(C)s1)C2.O=C(O)C(F)(F)F. The van der Waals surface area contributed by atoms with E-state index in [9.17, 15) is 18.0 Å². The normalized spacial score (nSPS) is 26.2. The molecule has 2 atom stereocenters. The fourth-order valence-corrected chi connectivity index (χ4v) is 5.45. The number of hydrogen-bond donors (Lipinski definition) is 1. The van der Waals surface area contributed by atoms with E-state index in [1.165, 1.54) is 24.3 Å². The number of methoxy groups -OCH3 is 1. The Balaban J connectivity index is 0.000000339. The lowest BCUT2D eigenvalue weighted by Crippen LogP contribution is -2.38. The Kier molecular flexibility index (Phi) is 7.32. The molecule has 0 unspecified atom stereocenters. The smallest absolute Gasteiger partial charge is 0.475 e. The first-order chi connectivity index (χ1) is 14.5. The molecule has 0 radical (unpaired) electrons. The molecule has 3 heterocycles. The first kappa shape index (κ1) is 24.0. The van der Waals surface area contributed by atoms with Gasteiger partial charge in [0.1, 0.15) is 0 Å². The molecule has 1 aromatic heterocycles. The van der Waals surface area contributed by atoms with Crippen LogP contribution in [0, 0.1) is 24.2 Å². The lowest BCUT2D eigenvalue weighted by molar-refractivity contribution is -0.192. The average Bonchev–Trinajstić information content (AvgIpc) is 3.10. The summed E-state index contributed by atoms with van der Waals surface area (Å²) >= 11 is 1.62. The van der Waals surface area contributed by atoms with Gasteiger partial charge in [0.15, 0.2) is 0 Å². The number of hydrogen-bond acceptors (Lipinski definition) is 5. The lowest BCUT2D eigenvalue weighted by atomic mass is 9.77. The zero-order chi connectivity index (χ0) is 22.8. The average molecular weight is 463 g/mol. The van der Waals surface area contributed by atoms with E-state index in [1.807, 2.05) is 19.2 Å². The van der Waals surface area contributed by atoms with Gasteiger partial charge in [0.2, 0.25) is 0 Å². The fraction of sp³-hybridized carbons (Fsp3) is 0.714. The van der Waals surface area contributed by atoms with Gasteiger partial charge in [0, 0.05) is 56.0 Å². The number of carboxylic acids is 1. The van der Waals surface area contributed by atoms with Gasteiger partial charge in [-0.05, 0) is 44.2 Å². The molecule has 2 saturated heterocycles. The Morgan fingerprint density at radius 1 is 1.29 bits per heavy atom. The number of carbonyl (C=O) groups excluding carboxylic acids is 1. The largest absolute Gasteiger partial charge is 0.490 e. The van der Waals surface area contributed by atoms with Crippen molar-refractivity contribution in [3.05, 3.63) is 21.9 Å². The molecule has 6 nitrogen and oxygen atoms in total. The van der Waals surface area contributed by atoms with Gasteiger partial charge >= 0.3 is 12.1 Å². The summed E-state index contributed by atoms with van der Waals surface area (Å²) in [5, 5.41) is 7.12. The summed E-state index contributed by atoms with van der Waals surface area (Å²) in [5.41, 5.74) is 0.243. The minimum Gasteiger partial charge on any atom is -0.475 e. The monoisotopic (exact) mass is 462 g/mol. The number of thiophene rings is 1. The van der Waals surface area contributed by atoms with Crippen LogP contribution in [-0.4, -0.2) is 79.4 Å². The third kappa shape index (κ3) is 5.98. The highest BCUT2D eigenvalue weighted by Crippen LogP contribution is 2.45. The Bertz CT molecular complexity index is 796. The van der Waals surface area contributed by atoms with E-state index in [0.29, 0.717) is 5.92 Å². The third-order valence-corrected chi connectivity index (χ3v) is 7.32. The summed E-state index contributed by atoms with van der Waals surface area (Å²) in [7, 11) is 1.81. The molecule has 1 aromatic rings. The van der Waals surface area contributed by atoms with Crippen molar-refractivity contribution in [2.45, 2.75) is 32.4 Å². The van der Waals surface area contributed by atoms with Crippen LogP contribution in [0.4, 0.5) is 13.2 Å². The van der Waals surface area contributed by atoms with Gasteiger partial charge in [-0.2, -0.15) is 13.2 Å². The van der Waals surface area contributed by atoms with Crippen LogP contribution in [0.15, 0.2) is 12.1 Å². The summed E-state index contributed by atoms with van der Waals surface area (Å²) in [6.07, 6.45) is -1.15. The highest BCUT2D eigenvalue weighted by atomic mass is 32.1. The highest BCUT2D eigenvalue weighted by molar-refractivity contribution is 7.13. The fourth-order valence-electron chi connectivity index (χ4n) is 4.62. The summed E-state index contributed by atoms with van der Waals surface area (Å²) in [5.74, 6) is -1.05. The molecule has 1 N–H and O–H groups in total. The number of amides is 1. The predicted octanol–water partition coefficient (Wildman–Crippen LogP) is 3.51. The Labute approximate surface area is 184 Å². The van der Waals surface area contributed by atoms with Crippen LogP contribution in [0.2, 0.25) is 0 Å². The van der Waals surface area contributed by atoms with E-state index in [4.69, 9.17) is 14.6 Å². The van der Waals surface area contributed by atoms with Crippen molar-refractivity contribution in [2.75, 3.05) is 46.4 Å². The number of carboxylic acid groups (broad SMARTS) is 1. The van der Waals surface area contributed by atoms with Crippen LogP contribution in [0.25, 0.3) is 0 Å². The topological polar surface area (TPSA) is 70.1 Å². The maximum atomic E-state index is 12.8. The van der Waals surface area contributed by atoms with Crippen LogP contribution in [-0.2, 0) is 9.53 Å². The van der Waals surface area contributed by atoms with E-state index in [2.05, 4.69) is 16.7 Å². The zero-order valence-electron chi connectivity index (χ0n) is 17.8. The first-order valence-electron chi connectivity index (χ1n) is 10.4. The third-order valence-electron chi connectivity index (χ3n) is 6.33. The van der Waals surface area contributed by atoms with Gasteiger partial charge in [-0.25, -0.2) is 4.79 Å². The second kappa shape index (κ2) is 9.46. The molecular formula is C21H29F3N2O4S. The van der Waals surface area contributed by atoms with Crippen molar-refractivity contribution in [3.8, 4) is 0 Å². The molecule has 3 fully saturated rings. The number of ether oxygens (including phenoxy) is 1. The van der Waals surface area contributed by atoms with E-state index in [1.54, 1.807) is 11.3 Å². The van der Waals surface area contributed by atoms with E-state index < -0.39 is 12.1 Å². The number of carbonyl (C=O) groups is 2. The van der Waals surface area contributed by atoms with Gasteiger partial charge in [0.25, 0.3) is 5.91 Å². The van der Waals surface area contributed by atoms with Gasteiger partial charge in [0.05, 0.1) is 11.5 Å². The molecule has 4 rings (SSSR count). The predicted molar refractivity (Wildman–Crippen MR) is 110 cm³/mol. The van der Waals surface area contributed by atoms with Crippen LogP contribution in [0.5, 0.6) is 0 Å². The van der Waals surface area contributed by atoms with Crippen molar-refractivity contribution < 1.29 is 32.6 Å². The number of aliphatic carboxylic acids is 1. The van der Waals surface area contributed by atoms with Gasteiger partial charge < -0.3 is 19.6 Å². The molecule has 3 aliphatic rings. The second-order valence-electron chi connectivity index (χ2n) is 8.84. The Morgan fingerprint density at radius 2 is 1.97 bits per heavy atom. The van der Waals surface area contributed by atoms with Crippen LogP contribution in [0.1, 0.15) is 33.8 Å². The number of rotatable bonds is 5. The van der Waals surface area contributed by atoms with Crippen molar-refractivity contribution in [3.63, 3.8) is 0 Å². The highest BCUT2D eigenvalue weighted by Gasteiger charge is 2.51. The molecule has 1 amide bonds. The van der Waals surface area contributed by atoms with Crippen molar-refractivity contribution in [2.24, 2.45) is 17.3 Å². The van der Waals surface area contributed by atoms with Gasteiger partial charge in [-0.1, -0.05) is 0 Å². The van der Waals surface area contributed by atoms with Gasteiger partial charge in [-0.3, -0.25) is 4.79 Å². The Morgan fingerprint density at radius 3 is 2.48 bits per heavy atom. The molecule has 1 spiro atoms. The van der Waals surface area contributed by atoms with E-state index >= 15 is 0 Å². The number of nitrogens with zero attached hydrogens (tertiary/aromatic N) is 2. The summed E-state index contributed by atoms with van der Waals surface area (Å²) in [6.45, 7) is 8.22. The maximum Gasteiger partial charge on any atom is 0.490 e. The molecule has 31 heavy (non-hydrogen) atoms. The van der Waals surface area contributed by atoms with Gasteiger partial charge in [-0.15, -0.1) is 11.3 Å². The van der Waals surface area contributed by atoms with Crippen LogP contribution >= 0.6 is 11.3 Å². The molecule has 10 heteroatoms. The molecule has 1 aliphatic carbocycles. The molecular weight excluding hydrogens is 433 g/mol.